The first-order valence-corrected chi connectivity index (χ1v) is 17.5. The van der Waals surface area contributed by atoms with Crippen LogP contribution in [-0.2, 0) is 20.2 Å². The number of halogens is 1. The fourth-order valence-electron chi connectivity index (χ4n) is 5.56. The van der Waals surface area contributed by atoms with Gasteiger partial charge in [0.15, 0.2) is 0 Å². The van der Waals surface area contributed by atoms with Crippen LogP contribution in [0.15, 0.2) is 59.7 Å². The van der Waals surface area contributed by atoms with Crippen LogP contribution in [0.1, 0.15) is 6.92 Å². The van der Waals surface area contributed by atoms with Crippen molar-refractivity contribution in [3.63, 3.8) is 0 Å². The zero-order valence-corrected chi connectivity index (χ0v) is 29.6. The number of amides is 1. The van der Waals surface area contributed by atoms with E-state index in [4.69, 9.17) is 18.8 Å². The van der Waals surface area contributed by atoms with E-state index in [-0.39, 0.29) is 11.3 Å². The van der Waals surface area contributed by atoms with E-state index in [0.717, 1.165) is 16.8 Å². The van der Waals surface area contributed by atoms with E-state index in [1.54, 1.807) is 37.8 Å². The van der Waals surface area contributed by atoms with Crippen molar-refractivity contribution in [2.24, 2.45) is 0 Å². The number of aromatic nitrogens is 6. The summed E-state index contributed by atoms with van der Waals surface area (Å²) >= 11 is 3.52. The zero-order chi connectivity index (χ0) is 34.7. The number of carbonyl (C=O) groups is 1. The monoisotopic (exact) mass is 752 g/mol. The van der Waals surface area contributed by atoms with Gasteiger partial charge in [-0.1, -0.05) is 0 Å². The van der Waals surface area contributed by atoms with Crippen LogP contribution in [0.3, 0.4) is 0 Å². The second-order valence-corrected chi connectivity index (χ2v) is 13.8. The van der Waals surface area contributed by atoms with Crippen LogP contribution in [0.2, 0.25) is 0 Å². The van der Waals surface area contributed by atoms with E-state index in [0.29, 0.717) is 71.2 Å². The number of piperazine rings is 1. The van der Waals surface area contributed by atoms with Crippen LogP contribution >= 0.6 is 23.5 Å². The van der Waals surface area contributed by atoms with Gasteiger partial charge in [0.2, 0.25) is 5.95 Å². The molecule has 1 fully saturated rings. The summed E-state index contributed by atoms with van der Waals surface area (Å²) in [5.74, 6) is 1.13. The van der Waals surface area contributed by atoms with Gasteiger partial charge < -0.3 is 39.3 Å². The van der Waals surface area contributed by atoms with Crippen LogP contribution in [0, 0.1) is 0 Å². The van der Waals surface area contributed by atoms with Crippen LogP contribution < -0.4 is 25.6 Å². The Hall–Kier alpha value is -4.83. The van der Waals surface area contributed by atoms with Gasteiger partial charge >= 0.3 is 13.7 Å². The molecule has 0 atom stereocenters. The number of hydrogen-bond acceptors (Lipinski definition) is 13. The molecule has 0 aliphatic carbocycles. The van der Waals surface area contributed by atoms with E-state index in [1.807, 2.05) is 29.9 Å². The molecule has 1 aliphatic heterocycles. The lowest BCUT2D eigenvalue weighted by Gasteiger charge is -2.36. The average Bonchev–Trinajstić information content (AvgIpc) is 3.62. The molecule has 5 aromatic rings. The molecule has 1 saturated heterocycles. The minimum absolute atomic E-state index is 0.210. The molecule has 0 spiro atoms. The van der Waals surface area contributed by atoms with Crippen LogP contribution in [0.25, 0.3) is 22.2 Å². The predicted octanol–water partition coefficient (Wildman–Crippen LogP) is 5.47. The van der Waals surface area contributed by atoms with E-state index >= 15 is 0 Å². The van der Waals surface area contributed by atoms with Gasteiger partial charge in [0.1, 0.15) is 22.4 Å². The van der Waals surface area contributed by atoms with Crippen molar-refractivity contribution < 1.29 is 28.3 Å². The van der Waals surface area contributed by atoms with Gasteiger partial charge in [-0.25, -0.2) is 9.78 Å². The number of ether oxygens (including phenoxy) is 1. The summed E-state index contributed by atoms with van der Waals surface area (Å²) in [4.78, 5) is 33.0. The van der Waals surface area contributed by atoms with Crippen molar-refractivity contribution in [1.82, 2.24) is 34.6 Å². The number of rotatable bonds is 11. The van der Waals surface area contributed by atoms with E-state index in [2.05, 4.69) is 51.5 Å². The number of benzene rings is 2. The van der Waals surface area contributed by atoms with Crippen molar-refractivity contribution in [3.05, 3.63) is 59.7 Å². The lowest BCUT2D eigenvalue weighted by Crippen LogP contribution is -2.48. The Morgan fingerprint density at radius 3 is 2.43 bits per heavy atom. The second kappa shape index (κ2) is 14.3. The number of nitrogens with one attached hydrogen (secondary N) is 2. The summed E-state index contributed by atoms with van der Waals surface area (Å²) < 4.78 is 32.7. The van der Waals surface area contributed by atoms with Crippen molar-refractivity contribution in [3.8, 4) is 16.9 Å². The minimum atomic E-state index is -3.81. The Labute approximate surface area is 290 Å². The molecule has 6 rings (SSSR count). The third kappa shape index (κ3) is 6.87. The molecular formula is C31H34BrN10O6P. The normalized spacial score (nSPS) is 13.5. The summed E-state index contributed by atoms with van der Waals surface area (Å²) in [6.07, 6.45) is 7.47. The molecular weight excluding hydrogens is 719 g/mol. The molecule has 2 aromatic carbocycles. The van der Waals surface area contributed by atoms with E-state index in [9.17, 15) is 14.5 Å². The van der Waals surface area contributed by atoms with Gasteiger partial charge in [-0.05, 0) is 41.1 Å². The van der Waals surface area contributed by atoms with Gasteiger partial charge in [-0.2, -0.15) is 10.1 Å². The summed E-state index contributed by atoms with van der Waals surface area (Å²) in [6, 6.07) is 7.32. The van der Waals surface area contributed by atoms with Gasteiger partial charge in [0, 0.05) is 94.6 Å². The number of nitrogens with zero attached hydrogens (tertiary/aromatic N) is 8. The molecule has 49 heavy (non-hydrogen) atoms. The van der Waals surface area contributed by atoms with Crippen LogP contribution in [0.5, 0.6) is 5.75 Å². The molecule has 16 nitrogen and oxygen atoms in total. The van der Waals surface area contributed by atoms with Crippen molar-refractivity contribution in [1.29, 1.82) is 0 Å². The summed E-state index contributed by atoms with van der Waals surface area (Å²) in [7, 11) is 0.384. The minimum Gasteiger partial charge on any atom is -0.494 e. The number of anilines is 5. The lowest BCUT2D eigenvalue weighted by atomic mass is 10.0. The number of fused-ring (bicyclic) bond motifs is 1. The maximum atomic E-state index is 13.7. The van der Waals surface area contributed by atoms with E-state index in [1.165, 1.54) is 25.3 Å². The highest BCUT2D eigenvalue weighted by Crippen LogP contribution is 2.49. The quantitative estimate of drug-likeness (QED) is 0.144. The number of aryl methyl sites for hydroxylation is 1. The number of methoxy groups -OCH3 is 1. The van der Waals surface area contributed by atoms with Crippen LogP contribution in [-0.4, -0.2) is 93.3 Å². The SMILES string of the molecule is CCn1cc(-c2cc(Nc3ncc(Br)c(Nc4ccc5nccnc5c4P(=O)(OC)OC)n3)c(OC)cc2N2CCN(C(=O)O)CC2)cn1. The second-order valence-electron chi connectivity index (χ2n) is 10.8. The summed E-state index contributed by atoms with van der Waals surface area (Å²) in [5, 5.41) is 20.7. The Morgan fingerprint density at radius 2 is 1.76 bits per heavy atom. The van der Waals surface area contributed by atoms with Crippen molar-refractivity contribution in [2.75, 3.05) is 63.0 Å². The maximum absolute atomic E-state index is 13.7. The first-order valence-electron chi connectivity index (χ1n) is 15.2. The largest absolute Gasteiger partial charge is 0.494 e. The fourth-order valence-corrected chi connectivity index (χ4v) is 7.22. The summed E-state index contributed by atoms with van der Waals surface area (Å²) in [5.41, 5.74) is 4.50. The Balaban J connectivity index is 1.38. The number of hydrogen-bond donors (Lipinski definition) is 3. The maximum Gasteiger partial charge on any atom is 0.407 e. The van der Waals surface area contributed by atoms with Gasteiger partial charge in [0.05, 0.1) is 34.7 Å². The highest BCUT2D eigenvalue weighted by atomic mass is 79.9. The Bertz CT molecular complexity index is 2050. The smallest absolute Gasteiger partial charge is 0.407 e. The van der Waals surface area contributed by atoms with E-state index < -0.39 is 13.7 Å². The standard InChI is InChI=1S/C31H34BrN10O6P/c1-5-42-18-19(16-36-42)20-14-24(26(46-2)15-25(20)40-10-12-41(13-11-40)31(43)44)38-30-35-17-21(32)29(39-30)37-23-7-6-22-27(34-9-8-33-22)28(23)49(45,47-3)48-4/h6-9,14-18H,5,10-13H2,1-4H3,(H,43,44)(H2,35,37,38,39). The molecule has 0 bridgehead atoms. The van der Waals surface area contributed by atoms with Gasteiger partial charge in [-0.15, -0.1) is 0 Å². The van der Waals surface area contributed by atoms with Gasteiger partial charge in [0.25, 0.3) is 0 Å². The first kappa shape index (κ1) is 34.0. The zero-order valence-electron chi connectivity index (χ0n) is 27.1. The highest BCUT2D eigenvalue weighted by molar-refractivity contribution is 9.10. The molecule has 0 saturated carbocycles. The van der Waals surface area contributed by atoms with Crippen molar-refractivity contribution >= 4 is 74.8 Å². The fraction of sp³-hybridized carbons (Fsp3) is 0.290. The molecule has 18 heteroatoms. The molecule has 3 aromatic heterocycles. The Morgan fingerprint density at radius 1 is 1.00 bits per heavy atom. The molecule has 0 unspecified atom stereocenters. The van der Waals surface area contributed by atoms with Gasteiger partial charge in [-0.3, -0.25) is 19.2 Å². The molecule has 0 radical (unpaired) electrons. The molecule has 256 valence electrons. The Kier molecular flexibility index (Phi) is 9.96. The first-order chi connectivity index (χ1) is 23.7. The molecule has 3 N–H and O–H groups in total. The average molecular weight is 754 g/mol. The van der Waals surface area contributed by atoms with Crippen LogP contribution in [0.4, 0.5) is 33.6 Å². The molecule has 1 aliphatic rings. The predicted molar refractivity (Wildman–Crippen MR) is 189 cm³/mol. The molecule has 4 heterocycles. The highest BCUT2D eigenvalue weighted by Gasteiger charge is 2.32. The van der Waals surface area contributed by atoms with Crippen molar-refractivity contribution in [2.45, 2.75) is 13.5 Å². The lowest BCUT2D eigenvalue weighted by molar-refractivity contribution is 0.142. The third-order valence-corrected chi connectivity index (χ3v) is 10.6. The summed E-state index contributed by atoms with van der Waals surface area (Å²) in [6.45, 7) is 4.50. The topological polar surface area (TPSA) is 182 Å². The number of carboxylic acid groups (broad SMARTS) is 1. The third-order valence-electron chi connectivity index (χ3n) is 8.09. The molecule has 1 amide bonds.